The molecule has 1 N–H and O–H groups in total. The summed E-state index contributed by atoms with van der Waals surface area (Å²) in [5, 5.41) is 6.26. The minimum atomic E-state index is -0.417. The third-order valence-electron chi connectivity index (χ3n) is 4.61. The Morgan fingerprint density at radius 3 is 2.93 bits per heavy atom. The average Bonchev–Trinajstić information content (AvgIpc) is 3.40. The van der Waals surface area contributed by atoms with Gasteiger partial charge in [-0.25, -0.2) is 4.98 Å². The fourth-order valence-corrected chi connectivity index (χ4v) is 4.03. The van der Waals surface area contributed by atoms with Crippen molar-refractivity contribution in [2.45, 2.75) is 19.9 Å². The van der Waals surface area contributed by atoms with Crippen molar-refractivity contribution in [3.05, 3.63) is 57.6 Å². The monoisotopic (exact) mass is 415 g/mol. The van der Waals surface area contributed by atoms with Gasteiger partial charge in [-0.05, 0) is 31.2 Å². The summed E-state index contributed by atoms with van der Waals surface area (Å²) in [4.78, 5) is 30.8. The second-order valence-electron chi connectivity index (χ2n) is 6.59. The molecule has 144 valence electrons. The van der Waals surface area contributed by atoms with Gasteiger partial charge in [0.1, 0.15) is 11.5 Å². The van der Waals surface area contributed by atoms with Crippen LogP contribution in [-0.2, 0) is 16.1 Å². The highest BCUT2D eigenvalue weighted by molar-refractivity contribution is 7.09. The summed E-state index contributed by atoms with van der Waals surface area (Å²) in [7, 11) is 0. The molecule has 0 aliphatic carbocycles. The van der Waals surface area contributed by atoms with E-state index in [-0.39, 0.29) is 24.8 Å². The smallest absolute Gasteiger partial charge is 0.227 e. The number of benzene rings is 1. The predicted octanol–water partition coefficient (Wildman–Crippen LogP) is 4.03. The van der Waals surface area contributed by atoms with Crippen molar-refractivity contribution in [3.63, 3.8) is 0 Å². The van der Waals surface area contributed by atoms with Gasteiger partial charge < -0.3 is 14.6 Å². The molecule has 0 bridgehead atoms. The Morgan fingerprint density at radius 2 is 2.18 bits per heavy atom. The highest BCUT2D eigenvalue weighted by Gasteiger charge is 2.35. The molecular weight excluding hydrogens is 398 g/mol. The fourth-order valence-electron chi connectivity index (χ4n) is 3.19. The number of nitrogens with zero attached hydrogens (tertiary/aromatic N) is 2. The van der Waals surface area contributed by atoms with Crippen LogP contribution in [0.1, 0.15) is 17.2 Å². The first-order chi connectivity index (χ1) is 13.5. The minimum absolute atomic E-state index is 0.104. The molecule has 1 aliphatic heterocycles. The zero-order chi connectivity index (χ0) is 19.7. The van der Waals surface area contributed by atoms with Gasteiger partial charge in [-0.2, -0.15) is 0 Å². The molecule has 3 heterocycles. The number of thiazole rings is 1. The Morgan fingerprint density at radius 1 is 1.36 bits per heavy atom. The normalized spacial score (nSPS) is 16.6. The third-order valence-corrected chi connectivity index (χ3v) is 5.70. The van der Waals surface area contributed by atoms with Crippen LogP contribution in [0.4, 0.5) is 5.69 Å². The van der Waals surface area contributed by atoms with E-state index in [1.54, 1.807) is 34.4 Å². The van der Waals surface area contributed by atoms with Gasteiger partial charge in [-0.3, -0.25) is 9.59 Å². The molecule has 6 nitrogen and oxygen atoms in total. The Hall–Kier alpha value is -2.64. The number of hydrogen-bond donors (Lipinski definition) is 1. The number of anilines is 1. The van der Waals surface area contributed by atoms with Crippen molar-refractivity contribution in [2.24, 2.45) is 5.92 Å². The van der Waals surface area contributed by atoms with Gasteiger partial charge in [-0.1, -0.05) is 23.7 Å². The van der Waals surface area contributed by atoms with Crippen LogP contribution in [0, 0.1) is 12.8 Å². The molecule has 1 saturated heterocycles. The van der Waals surface area contributed by atoms with Gasteiger partial charge in [0.05, 0.1) is 28.2 Å². The third kappa shape index (κ3) is 3.81. The van der Waals surface area contributed by atoms with Crippen LogP contribution < -0.4 is 10.2 Å². The largest absolute Gasteiger partial charge is 0.458 e. The summed E-state index contributed by atoms with van der Waals surface area (Å²) in [6, 6.07) is 10.8. The molecule has 1 atom stereocenters. The number of carbonyl (C=O) groups excluding carboxylic acids is 2. The van der Waals surface area contributed by atoms with E-state index in [0.29, 0.717) is 28.8 Å². The summed E-state index contributed by atoms with van der Waals surface area (Å²) in [6.45, 7) is 2.52. The number of aromatic nitrogens is 1. The van der Waals surface area contributed by atoms with Crippen molar-refractivity contribution in [1.29, 1.82) is 0 Å². The first-order valence-corrected chi connectivity index (χ1v) is 10.1. The van der Waals surface area contributed by atoms with Gasteiger partial charge in [0.15, 0.2) is 5.76 Å². The molecule has 3 aromatic rings. The average molecular weight is 416 g/mol. The molecular formula is C20H18ClN3O3S. The zero-order valence-electron chi connectivity index (χ0n) is 15.1. The number of para-hydroxylation sites is 1. The number of aryl methyl sites for hydroxylation is 1. The molecule has 8 heteroatoms. The molecule has 1 unspecified atom stereocenters. The highest BCUT2D eigenvalue weighted by Crippen LogP contribution is 2.31. The second-order valence-corrected chi connectivity index (χ2v) is 8.06. The van der Waals surface area contributed by atoms with Crippen LogP contribution >= 0.6 is 22.9 Å². The van der Waals surface area contributed by atoms with Crippen LogP contribution in [0.25, 0.3) is 11.5 Å². The molecule has 1 aromatic carbocycles. The van der Waals surface area contributed by atoms with E-state index in [2.05, 4.69) is 10.3 Å². The molecule has 2 amide bonds. The molecule has 0 radical (unpaired) electrons. The van der Waals surface area contributed by atoms with Crippen molar-refractivity contribution in [3.8, 4) is 11.5 Å². The summed E-state index contributed by atoms with van der Waals surface area (Å²) >= 11 is 7.74. The Balaban J connectivity index is 1.36. The van der Waals surface area contributed by atoms with Crippen LogP contribution in [-0.4, -0.2) is 23.3 Å². The topological polar surface area (TPSA) is 75.4 Å². The Bertz CT molecular complexity index is 1030. The number of furan rings is 1. The summed E-state index contributed by atoms with van der Waals surface area (Å²) in [5.41, 5.74) is 1.43. The van der Waals surface area contributed by atoms with E-state index in [4.69, 9.17) is 16.0 Å². The Labute approximate surface area is 171 Å². The number of carbonyl (C=O) groups is 2. The van der Waals surface area contributed by atoms with E-state index in [1.807, 2.05) is 30.5 Å². The molecule has 1 fully saturated rings. The van der Waals surface area contributed by atoms with Crippen molar-refractivity contribution < 1.29 is 14.0 Å². The molecule has 1 aliphatic rings. The number of halogens is 1. The van der Waals surface area contributed by atoms with Crippen LogP contribution in [0.2, 0.25) is 5.02 Å². The summed E-state index contributed by atoms with van der Waals surface area (Å²) in [5.74, 6) is 0.619. The number of rotatable bonds is 5. The first-order valence-electron chi connectivity index (χ1n) is 8.85. The zero-order valence-corrected chi connectivity index (χ0v) is 16.7. The first kappa shape index (κ1) is 18.7. The van der Waals surface area contributed by atoms with Gasteiger partial charge in [0, 0.05) is 18.3 Å². The SMILES string of the molecule is Cc1nc(-c2ccc(CNC(=O)C3CC(=O)N(c4ccccc4Cl)C3)o2)cs1. The molecule has 0 saturated carbocycles. The van der Waals surface area contributed by atoms with E-state index in [1.165, 1.54) is 0 Å². The van der Waals surface area contributed by atoms with Crippen LogP contribution in [0.5, 0.6) is 0 Å². The molecule has 4 rings (SSSR count). The lowest BCUT2D eigenvalue weighted by Gasteiger charge is -2.17. The van der Waals surface area contributed by atoms with Crippen LogP contribution in [0.15, 0.2) is 46.2 Å². The number of hydrogen-bond acceptors (Lipinski definition) is 5. The van der Waals surface area contributed by atoms with E-state index >= 15 is 0 Å². The fraction of sp³-hybridized carbons (Fsp3) is 0.250. The number of nitrogens with one attached hydrogen (secondary N) is 1. The quantitative estimate of drug-likeness (QED) is 0.682. The standard InChI is InChI=1S/C20H18ClN3O3S/c1-12-23-16(11-28-12)18-7-6-14(27-18)9-22-20(26)13-8-19(25)24(10-13)17-5-3-2-4-15(17)21/h2-7,11,13H,8-10H2,1H3,(H,22,26). The molecule has 0 spiro atoms. The molecule has 28 heavy (non-hydrogen) atoms. The van der Waals surface area contributed by atoms with Crippen molar-refractivity contribution >= 4 is 40.4 Å². The van der Waals surface area contributed by atoms with Gasteiger partial charge in [-0.15, -0.1) is 11.3 Å². The second kappa shape index (κ2) is 7.77. The molecule has 2 aromatic heterocycles. The van der Waals surface area contributed by atoms with Gasteiger partial charge >= 0.3 is 0 Å². The van der Waals surface area contributed by atoms with E-state index in [9.17, 15) is 9.59 Å². The Kier molecular flexibility index (Phi) is 5.19. The lowest BCUT2D eigenvalue weighted by molar-refractivity contribution is -0.126. The minimum Gasteiger partial charge on any atom is -0.458 e. The number of amides is 2. The lowest BCUT2D eigenvalue weighted by atomic mass is 10.1. The summed E-state index contributed by atoms with van der Waals surface area (Å²) in [6.07, 6.45) is 0.165. The maximum atomic E-state index is 12.5. The maximum Gasteiger partial charge on any atom is 0.227 e. The predicted molar refractivity (Wildman–Crippen MR) is 108 cm³/mol. The van der Waals surface area contributed by atoms with E-state index in [0.717, 1.165) is 10.7 Å². The maximum absolute atomic E-state index is 12.5. The van der Waals surface area contributed by atoms with Crippen molar-refractivity contribution in [1.82, 2.24) is 10.3 Å². The lowest BCUT2D eigenvalue weighted by Crippen LogP contribution is -2.32. The van der Waals surface area contributed by atoms with E-state index < -0.39 is 5.92 Å². The van der Waals surface area contributed by atoms with Crippen molar-refractivity contribution in [2.75, 3.05) is 11.4 Å². The van der Waals surface area contributed by atoms with Gasteiger partial charge in [0.2, 0.25) is 11.8 Å². The van der Waals surface area contributed by atoms with Crippen LogP contribution in [0.3, 0.4) is 0 Å². The highest BCUT2D eigenvalue weighted by atomic mass is 35.5. The van der Waals surface area contributed by atoms with Gasteiger partial charge in [0.25, 0.3) is 0 Å². The summed E-state index contributed by atoms with van der Waals surface area (Å²) < 4.78 is 5.76.